The second-order valence-electron chi connectivity index (χ2n) is 6.61. The van der Waals surface area contributed by atoms with Gasteiger partial charge >= 0.3 is 0 Å². The third kappa shape index (κ3) is 3.93. The van der Waals surface area contributed by atoms with Crippen molar-refractivity contribution >= 4 is 23.2 Å². The van der Waals surface area contributed by atoms with E-state index in [1.165, 1.54) is 0 Å². The van der Waals surface area contributed by atoms with Crippen LogP contribution in [-0.2, 0) is 11.3 Å². The Kier molecular flexibility index (Phi) is 5.02. The van der Waals surface area contributed by atoms with E-state index in [1.807, 2.05) is 51.9 Å². The maximum Gasteiger partial charge on any atom is 0.251 e. The van der Waals surface area contributed by atoms with Gasteiger partial charge in [0.05, 0.1) is 18.4 Å². The molecule has 3 heterocycles. The molecule has 1 aromatic carbocycles. The Balaban J connectivity index is 1.54. The molecule has 0 aliphatic carbocycles. The maximum absolute atomic E-state index is 13.0. The molecule has 27 heavy (non-hydrogen) atoms. The third-order valence-electron chi connectivity index (χ3n) is 4.79. The number of aromatic nitrogens is 2. The van der Waals surface area contributed by atoms with Gasteiger partial charge < -0.3 is 15.2 Å². The van der Waals surface area contributed by atoms with E-state index in [0.717, 1.165) is 11.1 Å². The normalized spacial score (nSPS) is 19.5. The molecule has 3 aromatic rings. The monoisotopic (exact) mass is 380 g/mol. The van der Waals surface area contributed by atoms with Crippen LogP contribution in [0.15, 0.2) is 59.8 Å². The number of benzene rings is 1. The Morgan fingerprint density at radius 2 is 2.22 bits per heavy atom. The Bertz CT molecular complexity index is 921. The van der Waals surface area contributed by atoms with Crippen LogP contribution >= 0.6 is 11.3 Å². The Morgan fingerprint density at radius 1 is 1.33 bits per heavy atom. The van der Waals surface area contributed by atoms with Crippen molar-refractivity contribution in [3.05, 3.63) is 76.5 Å². The maximum atomic E-state index is 13.0. The van der Waals surface area contributed by atoms with Crippen LogP contribution in [0.1, 0.15) is 40.4 Å². The van der Waals surface area contributed by atoms with Crippen LogP contribution in [0.3, 0.4) is 0 Å². The molecule has 1 aliphatic rings. The van der Waals surface area contributed by atoms with Crippen molar-refractivity contribution in [2.45, 2.75) is 31.5 Å². The number of carbonyl (C=O) groups is 2. The SMILES string of the molecule is O=C1CC[C@@H](NC(=O)c2ccccc2Cn2ccnc2)[C@H](c2ccsc2)N1. The van der Waals surface area contributed by atoms with Gasteiger partial charge in [-0.05, 0) is 40.4 Å². The first-order valence-electron chi connectivity index (χ1n) is 8.86. The number of rotatable bonds is 5. The van der Waals surface area contributed by atoms with Crippen molar-refractivity contribution < 1.29 is 9.59 Å². The summed E-state index contributed by atoms with van der Waals surface area (Å²) >= 11 is 1.58. The highest BCUT2D eigenvalue weighted by Crippen LogP contribution is 2.26. The van der Waals surface area contributed by atoms with E-state index >= 15 is 0 Å². The Hall–Kier alpha value is -2.93. The summed E-state index contributed by atoms with van der Waals surface area (Å²) in [5, 5.41) is 10.2. The van der Waals surface area contributed by atoms with Crippen molar-refractivity contribution in [1.82, 2.24) is 20.2 Å². The molecule has 0 bridgehead atoms. The van der Waals surface area contributed by atoms with E-state index in [0.29, 0.717) is 24.9 Å². The molecule has 1 fully saturated rings. The molecule has 1 saturated heterocycles. The van der Waals surface area contributed by atoms with Crippen LogP contribution in [0.2, 0.25) is 0 Å². The number of piperidine rings is 1. The van der Waals surface area contributed by atoms with E-state index in [1.54, 1.807) is 23.9 Å². The predicted molar refractivity (Wildman–Crippen MR) is 103 cm³/mol. The molecule has 7 heteroatoms. The average molecular weight is 380 g/mol. The lowest BCUT2D eigenvalue weighted by atomic mass is 9.93. The van der Waals surface area contributed by atoms with Gasteiger partial charge in [0.25, 0.3) is 5.91 Å². The van der Waals surface area contributed by atoms with Gasteiger partial charge in [-0.1, -0.05) is 18.2 Å². The van der Waals surface area contributed by atoms with E-state index in [9.17, 15) is 9.59 Å². The zero-order valence-corrected chi connectivity index (χ0v) is 15.5. The molecular weight excluding hydrogens is 360 g/mol. The molecule has 2 amide bonds. The molecule has 2 N–H and O–H groups in total. The quantitative estimate of drug-likeness (QED) is 0.715. The number of thiophene rings is 1. The number of carbonyl (C=O) groups excluding carboxylic acids is 2. The fourth-order valence-electron chi connectivity index (χ4n) is 3.43. The number of imidazole rings is 1. The predicted octanol–water partition coefficient (Wildman–Crippen LogP) is 2.74. The first-order chi connectivity index (χ1) is 13.2. The molecule has 2 atom stereocenters. The molecule has 2 aromatic heterocycles. The Labute approximate surface area is 161 Å². The van der Waals surface area contributed by atoms with Gasteiger partial charge in [0.1, 0.15) is 0 Å². The lowest BCUT2D eigenvalue weighted by molar-refractivity contribution is -0.123. The molecule has 0 radical (unpaired) electrons. The Morgan fingerprint density at radius 3 is 3.00 bits per heavy atom. The number of hydrogen-bond donors (Lipinski definition) is 2. The zero-order chi connectivity index (χ0) is 18.6. The number of nitrogens with one attached hydrogen (secondary N) is 2. The summed E-state index contributed by atoms with van der Waals surface area (Å²) < 4.78 is 1.93. The summed E-state index contributed by atoms with van der Waals surface area (Å²) in [5.74, 6) is -0.0932. The number of nitrogens with zero attached hydrogens (tertiary/aromatic N) is 2. The van der Waals surface area contributed by atoms with Crippen molar-refractivity contribution in [2.75, 3.05) is 0 Å². The lowest BCUT2D eigenvalue weighted by Gasteiger charge is -2.32. The van der Waals surface area contributed by atoms with E-state index in [2.05, 4.69) is 15.6 Å². The summed E-state index contributed by atoms with van der Waals surface area (Å²) in [4.78, 5) is 28.9. The van der Waals surface area contributed by atoms with Crippen molar-refractivity contribution in [3.8, 4) is 0 Å². The highest BCUT2D eigenvalue weighted by atomic mass is 32.1. The van der Waals surface area contributed by atoms with Gasteiger partial charge in [0.2, 0.25) is 5.91 Å². The van der Waals surface area contributed by atoms with Crippen LogP contribution in [-0.4, -0.2) is 27.4 Å². The van der Waals surface area contributed by atoms with E-state index < -0.39 is 0 Å². The largest absolute Gasteiger partial charge is 0.347 e. The number of hydrogen-bond acceptors (Lipinski definition) is 4. The van der Waals surface area contributed by atoms with Crippen LogP contribution in [0, 0.1) is 0 Å². The van der Waals surface area contributed by atoms with Gasteiger partial charge in [0, 0.05) is 30.9 Å². The van der Waals surface area contributed by atoms with E-state index in [4.69, 9.17) is 0 Å². The highest BCUT2D eigenvalue weighted by Gasteiger charge is 2.31. The van der Waals surface area contributed by atoms with Crippen molar-refractivity contribution in [3.63, 3.8) is 0 Å². The molecule has 0 unspecified atom stereocenters. The zero-order valence-electron chi connectivity index (χ0n) is 14.7. The standard InChI is InChI=1S/C20H20N4O2S/c25-18-6-5-17(19(23-18)15-7-10-27-12-15)22-20(26)16-4-2-1-3-14(16)11-24-9-8-21-13-24/h1-4,7-10,12-13,17,19H,5-6,11H2,(H,22,26)(H,23,25)/t17-,19+/m1/s1. The van der Waals surface area contributed by atoms with Gasteiger partial charge in [-0.3, -0.25) is 9.59 Å². The molecule has 0 saturated carbocycles. The summed E-state index contributed by atoms with van der Waals surface area (Å²) in [6.07, 6.45) is 6.37. The minimum absolute atomic E-state index is 0.0252. The fourth-order valence-corrected chi connectivity index (χ4v) is 4.12. The van der Waals surface area contributed by atoms with Crippen LogP contribution in [0.5, 0.6) is 0 Å². The molecule has 138 valence electrons. The summed E-state index contributed by atoms with van der Waals surface area (Å²) in [7, 11) is 0. The number of amides is 2. The lowest BCUT2D eigenvalue weighted by Crippen LogP contribution is -2.50. The van der Waals surface area contributed by atoms with Gasteiger partial charge in [-0.15, -0.1) is 0 Å². The van der Waals surface area contributed by atoms with Crippen LogP contribution < -0.4 is 10.6 Å². The molecular formula is C20H20N4O2S. The summed E-state index contributed by atoms with van der Waals surface area (Å²) in [6, 6.07) is 9.25. The minimum Gasteiger partial charge on any atom is -0.347 e. The smallest absolute Gasteiger partial charge is 0.251 e. The van der Waals surface area contributed by atoms with Crippen molar-refractivity contribution in [2.24, 2.45) is 0 Å². The second kappa shape index (κ2) is 7.75. The first-order valence-corrected chi connectivity index (χ1v) is 9.81. The van der Waals surface area contributed by atoms with Gasteiger partial charge in [-0.2, -0.15) is 11.3 Å². The van der Waals surface area contributed by atoms with Crippen molar-refractivity contribution in [1.29, 1.82) is 0 Å². The van der Waals surface area contributed by atoms with E-state index in [-0.39, 0.29) is 23.9 Å². The average Bonchev–Trinajstić information content (AvgIpc) is 3.37. The van der Waals surface area contributed by atoms with Crippen LogP contribution in [0.25, 0.3) is 0 Å². The van der Waals surface area contributed by atoms with Gasteiger partial charge in [-0.25, -0.2) is 4.98 Å². The minimum atomic E-state index is -0.192. The molecule has 0 spiro atoms. The molecule has 6 nitrogen and oxygen atoms in total. The molecule has 1 aliphatic heterocycles. The molecule has 4 rings (SSSR count). The highest BCUT2D eigenvalue weighted by molar-refractivity contribution is 7.08. The first kappa shape index (κ1) is 17.5. The third-order valence-corrected chi connectivity index (χ3v) is 5.50. The summed E-state index contributed by atoms with van der Waals surface area (Å²) in [6.45, 7) is 0.582. The summed E-state index contributed by atoms with van der Waals surface area (Å²) in [5.41, 5.74) is 2.61. The topological polar surface area (TPSA) is 76.0 Å². The van der Waals surface area contributed by atoms with Gasteiger partial charge in [0.15, 0.2) is 0 Å². The van der Waals surface area contributed by atoms with Crippen LogP contribution in [0.4, 0.5) is 0 Å². The second-order valence-corrected chi connectivity index (χ2v) is 7.39. The fraction of sp³-hybridized carbons (Fsp3) is 0.250.